The van der Waals surface area contributed by atoms with Gasteiger partial charge in [-0.05, 0) is 31.2 Å². The molecule has 2 N–H and O–H groups in total. The van der Waals surface area contributed by atoms with Crippen LogP contribution in [0.5, 0.6) is 0 Å². The third kappa shape index (κ3) is 3.33. The Labute approximate surface area is 109 Å². The number of aliphatic hydroxyl groups is 1. The second kappa shape index (κ2) is 5.69. The first-order valence-corrected chi connectivity index (χ1v) is 6.56. The zero-order valence-electron chi connectivity index (χ0n) is 9.39. The molecular formula is C12H14ClNO2S. The average Bonchev–Trinajstić information content (AvgIpc) is 2.90. The molecule has 0 aliphatic carbocycles. The second-order valence-electron chi connectivity index (χ2n) is 3.85. The highest BCUT2D eigenvalue weighted by Gasteiger charge is 2.18. The van der Waals surface area contributed by atoms with Gasteiger partial charge in [0.25, 0.3) is 0 Å². The highest BCUT2D eigenvalue weighted by molar-refractivity contribution is 7.16. The molecule has 2 rings (SSSR count). The summed E-state index contributed by atoms with van der Waals surface area (Å²) in [7, 11) is 0. The van der Waals surface area contributed by atoms with Crippen molar-refractivity contribution in [1.82, 2.24) is 5.32 Å². The Kier molecular flexibility index (Phi) is 4.23. The van der Waals surface area contributed by atoms with E-state index in [1.807, 2.05) is 24.3 Å². The van der Waals surface area contributed by atoms with Crippen LogP contribution in [0.4, 0.5) is 0 Å². The lowest BCUT2D eigenvalue weighted by molar-refractivity contribution is 0.187. The van der Waals surface area contributed by atoms with Crippen LogP contribution in [0.1, 0.15) is 23.6 Å². The monoisotopic (exact) mass is 271 g/mol. The molecule has 0 bridgehead atoms. The number of rotatable bonds is 5. The third-order valence-electron chi connectivity index (χ3n) is 2.32. The molecule has 0 aliphatic rings. The van der Waals surface area contributed by atoms with Crippen molar-refractivity contribution in [3.63, 3.8) is 0 Å². The number of aliphatic hydroxyl groups excluding tert-OH is 1. The third-order valence-corrected chi connectivity index (χ3v) is 3.62. The van der Waals surface area contributed by atoms with Gasteiger partial charge >= 0.3 is 0 Å². The van der Waals surface area contributed by atoms with Crippen LogP contribution in [0.25, 0.3) is 0 Å². The van der Waals surface area contributed by atoms with Gasteiger partial charge in [-0.1, -0.05) is 11.6 Å². The molecule has 92 valence electrons. The van der Waals surface area contributed by atoms with Crippen molar-refractivity contribution in [2.24, 2.45) is 0 Å². The van der Waals surface area contributed by atoms with Gasteiger partial charge in [0.2, 0.25) is 0 Å². The van der Waals surface area contributed by atoms with E-state index in [1.165, 1.54) is 11.3 Å². The minimum Gasteiger partial charge on any atom is -0.467 e. The van der Waals surface area contributed by atoms with Gasteiger partial charge in [0.05, 0.1) is 16.7 Å². The lowest BCUT2D eigenvalue weighted by atomic mass is 10.2. The molecule has 3 nitrogen and oxygen atoms in total. The Morgan fingerprint density at radius 1 is 1.47 bits per heavy atom. The molecule has 17 heavy (non-hydrogen) atoms. The summed E-state index contributed by atoms with van der Waals surface area (Å²) in [6, 6.07) is 7.53. The largest absolute Gasteiger partial charge is 0.467 e. The molecule has 2 atom stereocenters. The first-order chi connectivity index (χ1) is 8.16. The van der Waals surface area contributed by atoms with Gasteiger partial charge in [-0.15, -0.1) is 11.3 Å². The number of nitrogens with one attached hydrogen (secondary N) is 1. The highest BCUT2D eigenvalue weighted by atomic mass is 35.5. The van der Waals surface area contributed by atoms with Crippen LogP contribution in [0.3, 0.4) is 0 Å². The van der Waals surface area contributed by atoms with E-state index in [1.54, 1.807) is 13.2 Å². The molecule has 0 radical (unpaired) electrons. The van der Waals surface area contributed by atoms with Crippen molar-refractivity contribution in [3.05, 3.63) is 45.5 Å². The van der Waals surface area contributed by atoms with E-state index in [4.69, 9.17) is 16.0 Å². The minimum absolute atomic E-state index is 0.0582. The molecule has 0 aliphatic heterocycles. The summed E-state index contributed by atoms with van der Waals surface area (Å²) in [6.07, 6.45) is 1.24. The summed E-state index contributed by atoms with van der Waals surface area (Å²) in [5, 5.41) is 12.6. The lowest BCUT2D eigenvalue weighted by Crippen LogP contribution is -2.28. The summed E-state index contributed by atoms with van der Waals surface area (Å²) in [4.78, 5) is 1.07. The SMILES string of the molecule is C[C@H](O)CNC(c1ccco1)c1ccc(Cl)s1. The van der Waals surface area contributed by atoms with Crippen LogP contribution in [0, 0.1) is 0 Å². The summed E-state index contributed by atoms with van der Waals surface area (Å²) >= 11 is 7.45. The Morgan fingerprint density at radius 2 is 2.29 bits per heavy atom. The van der Waals surface area contributed by atoms with E-state index >= 15 is 0 Å². The standard InChI is InChI=1S/C12H14ClNO2S/c1-8(15)7-14-12(9-3-2-6-16-9)10-4-5-11(13)17-10/h2-6,8,12,14-15H,7H2,1H3/t8-,12?/m0/s1. The fourth-order valence-corrected chi connectivity index (χ4v) is 2.71. The minimum atomic E-state index is -0.400. The summed E-state index contributed by atoms with van der Waals surface area (Å²) in [5.41, 5.74) is 0. The van der Waals surface area contributed by atoms with Crippen LogP contribution < -0.4 is 5.32 Å². The van der Waals surface area contributed by atoms with Gasteiger partial charge in [-0.3, -0.25) is 0 Å². The maximum atomic E-state index is 9.34. The van der Waals surface area contributed by atoms with Crippen molar-refractivity contribution < 1.29 is 9.52 Å². The zero-order chi connectivity index (χ0) is 12.3. The van der Waals surface area contributed by atoms with Crippen LogP contribution in [0.2, 0.25) is 4.34 Å². The first kappa shape index (κ1) is 12.6. The second-order valence-corrected chi connectivity index (χ2v) is 5.59. The molecule has 2 heterocycles. The van der Waals surface area contributed by atoms with Crippen LogP contribution in [-0.2, 0) is 0 Å². The molecule has 0 amide bonds. The molecule has 1 unspecified atom stereocenters. The van der Waals surface area contributed by atoms with E-state index in [9.17, 15) is 5.11 Å². The normalized spacial score (nSPS) is 14.8. The molecule has 0 saturated heterocycles. The number of hydrogen-bond acceptors (Lipinski definition) is 4. The highest BCUT2D eigenvalue weighted by Crippen LogP contribution is 2.31. The fraction of sp³-hybridized carbons (Fsp3) is 0.333. The molecule has 0 fully saturated rings. The lowest BCUT2D eigenvalue weighted by Gasteiger charge is -2.16. The van der Waals surface area contributed by atoms with Crippen molar-refractivity contribution in [2.75, 3.05) is 6.54 Å². The maximum Gasteiger partial charge on any atom is 0.126 e. The smallest absolute Gasteiger partial charge is 0.126 e. The summed E-state index contributed by atoms with van der Waals surface area (Å²) < 4.78 is 6.16. The van der Waals surface area contributed by atoms with E-state index in [-0.39, 0.29) is 6.04 Å². The van der Waals surface area contributed by atoms with Crippen molar-refractivity contribution >= 4 is 22.9 Å². The van der Waals surface area contributed by atoms with Gasteiger partial charge in [-0.2, -0.15) is 0 Å². The van der Waals surface area contributed by atoms with Gasteiger partial charge in [0.15, 0.2) is 0 Å². The van der Waals surface area contributed by atoms with E-state index < -0.39 is 6.10 Å². The number of furan rings is 1. The Hall–Kier alpha value is -0.810. The van der Waals surface area contributed by atoms with Crippen LogP contribution >= 0.6 is 22.9 Å². The van der Waals surface area contributed by atoms with Crippen molar-refractivity contribution in [1.29, 1.82) is 0 Å². The summed E-state index contributed by atoms with van der Waals surface area (Å²) in [6.45, 7) is 2.24. The number of halogens is 1. The predicted octanol–water partition coefficient (Wildman–Crippen LogP) is 3.05. The van der Waals surface area contributed by atoms with Crippen molar-refractivity contribution in [3.8, 4) is 0 Å². The predicted molar refractivity (Wildman–Crippen MR) is 69.6 cm³/mol. The first-order valence-electron chi connectivity index (χ1n) is 5.37. The Balaban J connectivity index is 2.18. The van der Waals surface area contributed by atoms with Crippen LogP contribution in [-0.4, -0.2) is 17.8 Å². The molecule has 0 saturated carbocycles. The number of thiophene rings is 1. The summed E-state index contributed by atoms with van der Waals surface area (Å²) in [5.74, 6) is 0.823. The van der Waals surface area contributed by atoms with E-state index in [0.717, 1.165) is 15.0 Å². The molecule has 5 heteroatoms. The Bertz CT molecular complexity index is 453. The molecule has 2 aromatic rings. The average molecular weight is 272 g/mol. The number of hydrogen-bond donors (Lipinski definition) is 2. The Morgan fingerprint density at radius 3 is 2.82 bits per heavy atom. The molecule has 2 aromatic heterocycles. The van der Waals surface area contributed by atoms with Crippen LogP contribution in [0.15, 0.2) is 34.9 Å². The van der Waals surface area contributed by atoms with E-state index in [0.29, 0.717) is 6.54 Å². The van der Waals surface area contributed by atoms with E-state index in [2.05, 4.69) is 5.32 Å². The zero-order valence-corrected chi connectivity index (χ0v) is 11.0. The molecule has 0 spiro atoms. The molecule has 0 aromatic carbocycles. The van der Waals surface area contributed by atoms with Gasteiger partial charge in [0.1, 0.15) is 11.8 Å². The maximum absolute atomic E-state index is 9.34. The van der Waals surface area contributed by atoms with Gasteiger partial charge in [0, 0.05) is 11.4 Å². The van der Waals surface area contributed by atoms with Crippen molar-refractivity contribution in [2.45, 2.75) is 19.1 Å². The quantitative estimate of drug-likeness (QED) is 0.879. The van der Waals surface area contributed by atoms with Gasteiger partial charge < -0.3 is 14.8 Å². The topological polar surface area (TPSA) is 45.4 Å². The van der Waals surface area contributed by atoms with Gasteiger partial charge in [-0.25, -0.2) is 0 Å². The fourth-order valence-electron chi connectivity index (χ4n) is 1.57. The molecular weight excluding hydrogens is 258 g/mol.